The Balaban J connectivity index is 5.15. The van der Waals surface area contributed by atoms with Gasteiger partial charge in [-0.25, -0.2) is 4.79 Å². The van der Waals surface area contributed by atoms with Gasteiger partial charge < -0.3 is 38.5 Å². The average Bonchev–Trinajstić information content (AvgIpc) is 2.78. The normalized spacial score (nSPS) is 10.9. The minimum absolute atomic E-state index is 0.0246. The van der Waals surface area contributed by atoms with Gasteiger partial charge in [-0.2, -0.15) is 0 Å². The molecule has 1 amide bonds. The standard InChI is InChI=1S/C22H39NO11/c1-5-31-18(24)9-12-28-15-22(23-21(27)34-8-4,16-29-13-10-19(25)32-6-2)17-30-14-11-20(26)33-7-3/h5-17H2,1-4H3,(H,23,27). The number of alkyl carbamates (subject to hydrolysis) is 1. The molecule has 0 fully saturated rings. The van der Waals surface area contributed by atoms with Crippen LogP contribution < -0.4 is 5.32 Å². The second kappa shape index (κ2) is 20.0. The van der Waals surface area contributed by atoms with Crippen molar-refractivity contribution in [3.05, 3.63) is 0 Å². The van der Waals surface area contributed by atoms with Crippen LogP contribution in [0.3, 0.4) is 0 Å². The van der Waals surface area contributed by atoms with Crippen LogP contribution in [0.2, 0.25) is 0 Å². The number of carbonyl (C=O) groups excluding carboxylic acids is 4. The molecule has 0 aliphatic heterocycles. The number of amides is 1. The van der Waals surface area contributed by atoms with E-state index in [1.807, 2.05) is 0 Å². The van der Waals surface area contributed by atoms with Gasteiger partial charge in [0.25, 0.3) is 0 Å². The van der Waals surface area contributed by atoms with Crippen LogP contribution in [0.5, 0.6) is 0 Å². The van der Waals surface area contributed by atoms with Gasteiger partial charge in [0.05, 0.1) is 85.3 Å². The topological polar surface area (TPSA) is 145 Å². The Morgan fingerprint density at radius 2 is 0.882 bits per heavy atom. The fraction of sp³-hybridized carbons (Fsp3) is 0.818. The van der Waals surface area contributed by atoms with Gasteiger partial charge in [-0.1, -0.05) is 0 Å². The number of hydrogen-bond acceptors (Lipinski definition) is 11. The summed E-state index contributed by atoms with van der Waals surface area (Å²) in [4.78, 5) is 46.9. The van der Waals surface area contributed by atoms with Crippen molar-refractivity contribution in [2.45, 2.75) is 52.5 Å². The molecule has 0 bridgehead atoms. The molecule has 0 rings (SSSR count). The van der Waals surface area contributed by atoms with Gasteiger partial charge in [-0.05, 0) is 27.7 Å². The molecule has 0 aromatic heterocycles. The summed E-state index contributed by atoms with van der Waals surface area (Å²) in [6.45, 7) is 7.52. The first-order valence-corrected chi connectivity index (χ1v) is 11.5. The Hall–Kier alpha value is -2.44. The zero-order valence-corrected chi connectivity index (χ0v) is 20.7. The van der Waals surface area contributed by atoms with E-state index in [4.69, 9.17) is 33.2 Å². The minimum Gasteiger partial charge on any atom is -0.466 e. The van der Waals surface area contributed by atoms with Crippen LogP contribution in [0, 0.1) is 0 Å². The summed E-state index contributed by atoms with van der Waals surface area (Å²) in [5, 5.41) is 2.69. The molecular weight excluding hydrogens is 454 g/mol. The van der Waals surface area contributed by atoms with Crippen molar-refractivity contribution in [2.75, 3.05) is 66.1 Å². The van der Waals surface area contributed by atoms with E-state index >= 15 is 0 Å². The maximum Gasteiger partial charge on any atom is 0.407 e. The van der Waals surface area contributed by atoms with Crippen LogP contribution in [0.25, 0.3) is 0 Å². The molecule has 0 aliphatic carbocycles. The van der Waals surface area contributed by atoms with Gasteiger partial charge in [0.2, 0.25) is 0 Å². The molecule has 1 N–H and O–H groups in total. The fourth-order valence-corrected chi connectivity index (χ4v) is 2.59. The van der Waals surface area contributed by atoms with E-state index in [-0.39, 0.29) is 85.3 Å². The molecule has 0 unspecified atom stereocenters. The lowest BCUT2D eigenvalue weighted by Crippen LogP contribution is -2.58. The Morgan fingerprint density at radius 1 is 0.559 bits per heavy atom. The van der Waals surface area contributed by atoms with E-state index in [9.17, 15) is 19.2 Å². The number of ether oxygens (including phenoxy) is 7. The number of nitrogens with one attached hydrogen (secondary N) is 1. The van der Waals surface area contributed by atoms with Crippen molar-refractivity contribution in [3.8, 4) is 0 Å². The highest BCUT2D eigenvalue weighted by atomic mass is 16.6. The van der Waals surface area contributed by atoms with E-state index in [0.717, 1.165) is 0 Å². The smallest absolute Gasteiger partial charge is 0.407 e. The third-order valence-electron chi connectivity index (χ3n) is 4.05. The highest BCUT2D eigenvalue weighted by molar-refractivity contribution is 5.70. The Labute approximate surface area is 200 Å². The van der Waals surface area contributed by atoms with Crippen molar-refractivity contribution in [1.29, 1.82) is 0 Å². The molecule has 0 atom stereocenters. The summed E-state index contributed by atoms with van der Waals surface area (Å²) in [6.07, 6.45) is -0.649. The van der Waals surface area contributed by atoms with Crippen molar-refractivity contribution in [3.63, 3.8) is 0 Å². The monoisotopic (exact) mass is 493 g/mol. The molecule has 0 saturated carbocycles. The molecule has 34 heavy (non-hydrogen) atoms. The maximum atomic E-state index is 12.2. The first-order valence-electron chi connectivity index (χ1n) is 11.5. The summed E-state index contributed by atoms with van der Waals surface area (Å²) in [6, 6.07) is 0. The zero-order chi connectivity index (χ0) is 25.7. The van der Waals surface area contributed by atoms with Crippen molar-refractivity contribution < 1.29 is 52.3 Å². The summed E-state index contributed by atoms with van der Waals surface area (Å²) in [5.74, 6) is -1.24. The summed E-state index contributed by atoms with van der Waals surface area (Å²) >= 11 is 0. The molecule has 0 heterocycles. The molecule has 0 spiro atoms. The van der Waals surface area contributed by atoms with Crippen LogP contribution in [0.4, 0.5) is 4.79 Å². The third-order valence-corrected chi connectivity index (χ3v) is 4.05. The van der Waals surface area contributed by atoms with Crippen molar-refractivity contribution in [2.24, 2.45) is 0 Å². The van der Waals surface area contributed by atoms with Gasteiger partial charge in [0, 0.05) is 0 Å². The molecule has 0 aliphatic rings. The Morgan fingerprint density at radius 3 is 1.18 bits per heavy atom. The van der Waals surface area contributed by atoms with E-state index in [1.54, 1.807) is 27.7 Å². The van der Waals surface area contributed by atoms with E-state index < -0.39 is 29.5 Å². The average molecular weight is 494 g/mol. The number of esters is 3. The molecule has 198 valence electrons. The molecular formula is C22H39NO11. The van der Waals surface area contributed by atoms with Crippen molar-refractivity contribution >= 4 is 24.0 Å². The van der Waals surface area contributed by atoms with Gasteiger partial charge in [0.1, 0.15) is 5.54 Å². The van der Waals surface area contributed by atoms with E-state index in [0.29, 0.717) is 0 Å². The summed E-state index contributed by atoms with van der Waals surface area (Å²) in [5.41, 5.74) is -1.22. The molecule has 0 aromatic rings. The highest BCUT2D eigenvalue weighted by Crippen LogP contribution is 2.11. The van der Waals surface area contributed by atoms with Crippen molar-refractivity contribution in [1.82, 2.24) is 5.32 Å². The highest BCUT2D eigenvalue weighted by Gasteiger charge is 2.34. The quantitative estimate of drug-likeness (QED) is 0.149. The molecule has 12 heteroatoms. The van der Waals surface area contributed by atoms with Crippen LogP contribution in [0.1, 0.15) is 47.0 Å². The second-order valence-electron chi connectivity index (χ2n) is 6.95. The lowest BCUT2D eigenvalue weighted by Gasteiger charge is -2.33. The first-order chi connectivity index (χ1) is 16.3. The number of hydrogen-bond donors (Lipinski definition) is 1. The number of rotatable bonds is 20. The van der Waals surface area contributed by atoms with Crippen LogP contribution in [-0.2, 0) is 47.5 Å². The summed E-state index contributed by atoms with van der Waals surface area (Å²) < 4.78 is 36.4. The predicted molar refractivity (Wildman–Crippen MR) is 119 cm³/mol. The lowest BCUT2D eigenvalue weighted by molar-refractivity contribution is -0.145. The third kappa shape index (κ3) is 16.2. The van der Waals surface area contributed by atoms with Gasteiger partial charge in [-0.15, -0.1) is 0 Å². The van der Waals surface area contributed by atoms with Gasteiger partial charge >= 0.3 is 24.0 Å². The Bertz CT molecular complexity index is 533. The van der Waals surface area contributed by atoms with Crippen LogP contribution in [-0.4, -0.2) is 95.6 Å². The SMILES string of the molecule is CCOC(=O)CCOCC(COCCC(=O)OCC)(COCCC(=O)OCC)NC(=O)OCC. The molecule has 0 radical (unpaired) electrons. The van der Waals surface area contributed by atoms with Crippen LogP contribution >= 0.6 is 0 Å². The van der Waals surface area contributed by atoms with Gasteiger partial charge in [-0.3, -0.25) is 14.4 Å². The molecule has 0 aromatic carbocycles. The maximum absolute atomic E-state index is 12.2. The largest absolute Gasteiger partial charge is 0.466 e. The van der Waals surface area contributed by atoms with E-state index in [2.05, 4.69) is 5.32 Å². The summed E-state index contributed by atoms with van der Waals surface area (Å²) in [7, 11) is 0. The van der Waals surface area contributed by atoms with Crippen LogP contribution in [0.15, 0.2) is 0 Å². The fourth-order valence-electron chi connectivity index (χ4n) is 2.59. The molecule has 0 saturated heterocycles. The zero-order valence-electron chi connectivity index (χ0n) is 20.7. The Kier molecular flexibility index (Phi) is 18.5. The van der Waals surface area contributed by atoms with E-state index in [1.165, 1.54) is 0 Å². The lowest BCUT2D eigenvalue weighted by atomic mass is 10.0. The first kappa shape index (κ1) is 31.6. The predicted octanol–water partition coefficient (Wildman–Crippen LogP) is 1.38. The minimum atomic E-state index is -1.22. The molecule has 12 nitrogen and oxygen atoms in total. The number of carbonyl (C=O) groups is 4. The second-order valence-corrected chi connectivity index (χ2v) is 6.95. The van der Waals surface area contributed by atoms with Gasteiger partial charge in [0.15, 0.2) is 0 Å².